The molecule has 1 aliphatic heterocycles. The van der Waals surface area contributed by atoms with E-state index in [2.05, 4.69) is 25.9 Å². The van der Waals surface area contributed by atoms with Crippen LogP contribution in [0.4, 0.5) is 0 Å². The fraction of sp³-hybridized carbons (Fsp3) is 0.500. The second kappa shape index (κ2) is 7.00. The quantitative estimate of drug-likeness (QED) is 0.927. The van der Waals surface area contributed by atoms with Gasteiger partial charge >= 0.3 is 0 Å². The highest BCUT2D eigenvalue weighted by Gasteiger charge is 2.32. The molecule has 5 heteroatoms. The van der Waals surface area contributed by atoms with Crippen molar-refractivity contribution in [2.75, 3.05) is 6.54 Å². The van der Waals surface area contributed by atoms with E-state index in [0.29, 0.717) is 12.0 Å². The Morgan fingerprint density at radius 2 is 2.04 bits per heavy atom. The van der Waals surface area contributed by atoms with Crippen molar-refractivity contribution in [1.29, 1.82) is 0 Å². The van der Waals surface area contributed by atoms with Gasteiger partial charge in [-0.3, -0.25) is 9.48 Å². The van der Waals surface area contributed by atoms with E-state index in [9.17, 15) is 9.90 Å². The van der Waals surface area contributed by atoms with Crippen LogP contribution in [0.2, 0.25) is 0 Å². The van der Waals surface area contributed by atoms with Gasteiger partial charge < -0.3 is 10.0 Å². The van der Waals surface area contributed by atoms with E-state index in [1.165, 1.54) is 0 Å². The zero-order valence-corrected chi connectivity index (χ0v) is 15.2. The van der Waals surface area contributed by atoms with Crippen molar-refractivity contribution in [3.8, 4) is 0 Å². The Labute approximate surface area is 149 Å². The molecule has 1 amide bonds. The molecular formula is C20H27N3O2. The third-order valence-corrected chi connectivity index (χ3v) is 4.83. The van der Waals surface area contributed by atoms with E-state index < -0.39 is 6.10 Å². The maximum Gasteiger partial charge on any atom is 0.257 e. The first-order chi connectivity index (χ1) is 11.9. The Bertz CT molecular complexity index is 718. The lowest BCUT2D eigenvalue weighted by atomic mass is 10.0. The van der Waals surface area contributed by atoms with Gasteiger partial charge in [-0.15, -0.1) is 0 Å². The Kier molecular flexibility index (Phi) is 4.95. The molecule has 0 spiro atoms. The second-order valence-corrected chi connectivity index (χ2v) is 7.80. The molecule has 1 N–H and O–H groups in total. The molecule has 3 rings (SSSR count). The molecule has 2 atom stereocenters. The SMILES string of the molecule is CC(C)(C)n1cc(C(=O)N2CCC[C@H]2C[C@@H](O)c2ccccc2)cn1. The molecule has 0 bridgehead atoms. The normalized spacial score (nSPS) is 19.2. The van der Waals surface area contributed by atoms with Crippen LogP contribution in [0.15, 0.2) is 42.7 Å². The third kappa shape index (κ3) is 3.93. The minimum Gasteiger partial charge on any atom is -0.388 e. The monoisotopic (exact) mass is 341 g/mol. The molecule has 2 aromatic rings. The highest BCUT2D eigenvalue weighted by atomic mass is 16.3. The predicted octanol–water partition coefficient (Wildman–Crippen LogP) is 3.37. The lowest BCUT2D eigenvalue weighted by Gasteiger charge is -2.26. The maximum atomic E-state index is 12.9. The fourth-order valence-electron chi connectivity index (χ4n) is 3.38. The molecule has 5 nitrogen and oxygen atoms in total. The van der Waals surface area contributed by atoms with E-state index in [4.69, 9.17) is 0 Å². The second-order valence-electron chi connectivity index (χ2n) is 7.80. The number of amides is 1. The van der Waals surface area contributed by atoms with E-state index in [1.807, 2.05) is 46.1 Å². The van der Waals surface area contributed by atoms with Gasteiger partial charge in [-0.2, -0.15) is 5.10 Å². The molecule has 1 aromatic carbocycles. The van der Waals surface area contributed by atoms with Gasteiger partial charge in [0.15, 0.2) is 0 Å². The summed E-state index contributed by atoms with van der Waals surface area (Å²) in [5, 5.41) is 14.8. The van der Waals surface area contributed by atoms with Gasteiger partial charge in [0.05, 0.1) is 23.4 Å². The van der Waals surface area contributed by atoms with Crippen molar-refractivity contribution in [2.45, 2.75) is 57.7 Å². The number of aliphatic hydroxyl groups excluding tert-OH is 1. The summed E-state index contributed by atoms with van der Waals surface area (Å²) in [5.41, 5.74) is 1.38. The Hall–Kier alpha value is -2.14. The van der Waals surface area contributed by atoms with Crippen molar-refractivity contribution in [2.24, 2.45) is 0 Å². The van der Waals surface area contributed by atoms with Gasteiger partial charge in [-0.25, -0.2) is 0 Å². The molecule has 1 fully saturated rings. The molecule has 134 valence electrons. The Balaban J connectivity index is 1.71. The standard InChI is InChI=1S/C20H27N3O2/c1-20(2,3)23-14-16(13-21-23)19(25)22-11-7-10-17(22)12-18(24)15-8-5-4-6-9-15/h4-6,8-9,13-14,17-18,24H,7,10-12H2,1-3H3/t17-,18+/m0/s1. The lowest BCUT2D eigenvalue weighted by Crippen LogP contribution is -2.36. The van der Waals surface area contributed by atoms with Crippen LogP contribution < -0.4 is 0 Å². The van der Waals surface area contributed by atoms with Gasteiger partial charge in [0.2, 0.25) is 0 Å². The zero-order valence-electron chi connectivity index (χ0n) is 15.2. The number of aromatic nitrogens is 2. The van der Waals surface area contributed by atoms with Gasteiger partial charge in [0, 0.05) is 18.8 Å². The van der Waals surface area contributed by atoms with Gasteiger partial charge in [-0.05, 0) is 45.6 Å². The largest absolute Gasteiger partial charge is 0.388 e. The average Bonchev–Trinajstić information content (AvgIpc) is 3.24. The summed E-state index contributed by atoms with van der Waals surface area (Å²) in [5.74, 6) is 0.0123. The van der Waals surface area contributed by atoms with Crippen molar-refractivity contribution in [1.82, 2.24) is 14.7 Å². The maximum absolute atomic E-state index is 12.9. The lowest BCUT2D eigenvalue weighted by molar-refractivity contribution is 0.0667. The van der Waals surface area contributed by atoms with Crippen molar-refractivity contribution in [3.63, 3.8) is 0 Å². The first-order valence-electron chi connectivity index (χ1n) is 8.95. The van der Waals surface area contributed by atoms with Gasteiger partial charge in [-0.1, -0.05) is 30.3 Å². The number of likely N-dealkylation sites (tertiary alicyclic amines) is 1. The first-order valence-corrected chi connectivity index (χ1v) is 8.95. The topological polar surface area (TPSA) is 58.4 Å². The highest BCUT2D eigenvalue weighted by molar-refractivity contribution is 5.94. The number of aliphatic hydroxyl groups is 1. The number of hydrogen-bond donors (Lipinski definition) is 1. The summed E-state index contributed by atoms with van der Waals surface area (Å²) in [6.07, 6.45) is 5.41. The molecule has 1 aliphatic rings. The molecule has 0 saturated carbocycles. The molecule has 1 saturated heterocycles. The first kappa shape index (κ1) is 17.7. The average molecular weight is 341 g/mol. The smallest absolute Gasteiger partial charge is 0.257 e. The summed E-state index contributed by atoms with van der Waals surface area (Å²) in [7, 11) is 0. The molecule has 1 aromatic heterocycles. The summed E-state index contributed by atoms with van der Waals surface area (Å²) < 4.78 is 1.82. The fourth-order valence-corrected chi connectivity index (χ4v) is 3.38. The molecular weight excluding hydrogens is 314 g/mol. The Morgan fingerprint density at radius 3 is 2.68 bits per heavy atom. The Morgan fingerprint density at radius 1 is 1.32 bits per heavy atom. The van der Waals surface area contributed by atoms with E-state index in [0.717, 1.165) is 24.9 Å². The van der Waals surface area contributed by atoms with Crippen molar-refractivity contribution >= 4 is 5.91 Å². The number of nitrogens with zero attached hydrogens (tertiary/aromatic N) is 3. The van der Waals surface area contributed by atoms with Crippen molar-refractivity contribution < 1.29 is 9.90 Å². The van der Waals surface area contributed by atoms with E-state index >= 15 is 0 Å². The molecule has 2 heterocycles. The molecule has 25 heavy (non-hydrogen) atoms. The van der Waals surface area contributed by atoms with Crippen LogP contribution in [0.1, 0.15) is 62.1 Å². The summed E-state index contributed by atoms with van der Waals surface area (Å²) in [4.78, 5) is 14.8. The van der Waals surface area contributed by atoms with Crippen LogP contribution in [-0.2, 0) is 5.54 Å². The molecule has 0 unspecified atom stereocenters. The third-order valence-electron chi connectivity index (χ3n) is 4.83. The minimum atomic E-state index is -0.545. The summed E-state index contributed by atoms with van der Waals surface area (Å²) in [6.45, 7) is 6.92. The van der Waals surface area contributed by atoms with E-state index in [-0.39, 0.29) is 17.5 Å². The highest BCUT2D eigenvalue weighted by Crippen LogP contribution is 2.28. The number of benzene rings is 1. The summed E-state index contributed by atoms with van der Waals surface area (Å²) in [6, 6.07) is 9.72. The van der Waals surface area contributed by atoms with Crippen LogP contribution in [-0.4, -0.2) is 38.3 Å². The summed E-state index contributed by atoms with van der Waals surface area (Å²) >= 11 is 0. The number of carbonyl (C=O) groups excluding carboxylic acids is 1. The van der Waals surface area contributed by atoms with Crippen LogP contribution in [0.25, 0.3) is 0 Å². The van der Waals surface area contributed by atoms with Gasteiger partial charge in [0.25, 0.3) is 5.91 Å². The van der Waals surface area contributed by atoms with Crippen LogP contribution >= 0.6 is 0 Å². The minimum absolute atomic E-state index is 0.0123. The number of hydrogen-bond acceptors (Lipinski definition) is 3. The van der Waals surface area contributed by atoms with Crippen LogP contribution in [0, 0.1) is 0 Å². The zero-order chi connectivity index (χ0) is 18.0. The molecule has 0 aliphatic carbocycles. The van der Waals surface area contributed by atoms with Gasteiger partial charge in [0.1, 0.15) is 0 Å². The van der Waals surface area contributed by atoms with Crippen molar-refractivity contribution in [3.05, 3.63) is 53.9 Å². The van der Waals surface area contributed by atoms with Crippen LogP contribution in [0.5, 0.6) is 0 Å². The van der Waals surface area contributed by atoms with Crippen LogP contribution in [0.3, 0.4) is 0 Å². The predicted molar refractivity (Wildman–Crippen MR) is 97.3 cm³/mol. The van der Waals surface area contributed by atoms with E-state index in [1.54, 1.807) is 6.20 Å². The number of rotatable bonds is 4. The number of carbonyl (C=O) groups is 1. The molecule has 0 radical (unpaired) electrons.